The first-order valence-corrected chi connectivity index (χ1v) is 8.94. The fourth-order valence-corrected chi connectivity index (χ4v) is 2.88. The molecular formula is C18H16FN5O2S. The Balaban J connectivity index is 1.55. The summed E-state index contributed by atoms with van der Waals surface area (Å²) >= 11 is 1.27. The van der Waals surface area contributed by atoms with E-state index in [0.29, 0.717) is 16.4 Å². The molecule has 0 saturated heterocycles. The highest BCUT2D eigenvalue weighted by molar-refractivity contribution is 7.99. The maximum absolute atomic E-state index is 13.6. The standard InChI is InChI=1S/C18H16FN5O2S/c1-24-11-20-23-18(24)27-10-16(25)21-13-8-6-12(7-9-13)17(26)22-15-5-3-2-4-14(15)19/h2-9,11H,10H2,1H3,(H,21,25)(H,22,26). The molecule has 0 aliphatic carbocycles. The van der Waals surface area contributed by atoms with Gasteiger partial charge in [0, 0.05) is 18.3 Å². The minimum Gasteiger partial charge on any atom is -0.325 e. The van der Waals surface area contributed by atoms with Crippen LogP contribution in [0.25, 0.3) is 0 Å². The summed E-state index contributed by atoms with van der Waals surface area (Å²) in [6.07, 6.45) is 1.56. The molecule has 0 saturated carbocycles. The third kappa shape index (κ3) is 4.91. The molecule has 3 rings (SSSR count). The molecule has 7 nitrogen and oxygen atoms in total. The Hall–Kier alpha value is -3.20. The van der Waals surface area contributed by atoms with Crippen molar-refractivity contribution in [3.8, 4) is 0 Å². The lowest BCUT2D eigenvalue weighted by atomic mass is 10.2. The summed E-state index contributed by atoms with van der Waals surface area (Å²) in [5.41, 5.74) is 1.02. The van der Waals surface area contributed by atoms with Gasteiger partial charge in [-0.15, -0.1) is 10.2 Å². The molecule has 1 aromatic heterocycles. The van der Waals surface area contributed by atoms with Crippen molar-refractivity contribution in [1.29, 1.82) is 0 Å². The van der Waals surface area contributed by atoms with Crippen molar-refractivity contribution in [2.45, 2.75) is 5.16 Å². The molecule has 0 aliphatic heterocycles. The van der Waals surface area contributed by atoms with Crippen LogP contribution in [0.1, 0.15) is 10.4 Å². The number of para-hydroxylation sites is 1. The topological polar surface area (TPSA) is 88.9 Å². The van der Waals surface area contributed by atoms with Crippen LogP contribution < -0.4 is 10.6 Å². The van der Waals surface area contributed by atoms with Crippen LogP contribution in [-0.2, 0) is 11.8 Å². The van der Waals surface area contributed by atoms with E-state index in [-0.39, 0.29) is 17.3 Å². The summed E-state index contributed by atoms with van der Waals surface area (Å²) in [6.45, 7) is 0. The molecule has 0 radical (unpaired) electrons. The minimum atomic E-state index is -0.504. The van der Waals surface area contributed by atoms with Gasteiger partial charge in [-0.3, -0.25) is 9.59 Å². The van der Waals surface area contributed by atoms with Crippen molar-refractivity contribution in [2.75, 3.05) is 16.4 Å². The molecule has 1 heterocycles. The maximum atomic E-state index is 13.6. The lowest BCUT2D eigenvalue weighted by molar-refractivity contribution is -0.113. The highest BCUT2D eigenvalue weighted by Crippen LogP contribution is 2.17. The Morgan fingerprint density at radius 3 is 2.52 bits per heavy atom. The van der Waals surface area contributed by atoms with Gasteiger partial charge in [-0.1, -0.05) is 23.9 Å². The first-order chi connectivity index (χ1) is 13.0. The number of anilines is 2. The second-order valence-corrected chi connectivity index (χ2v) is 6.52. The van der Waals surface area contributed by atoms with E-state index in [9.17, 15) is 14.0 Å². The number of nitrogens with zero attached hydrogens (tertiary/aromatic N) is 3. The normalized spacial score (nSPS) is 10.4. The zero-order chi connectivity index (χ0) is 19.2. The van der Waals surface area contributed by atoms with Gasteiger partial charge in [0.2, 0.25) is 5.91 Å². The van der Waals surface area contributed by atoms with E-state index < -0.39 is 11.7 Å². The van der Waals surface area contributed by atoms with Gasteiger partial charge in [0.1, 0.15) is 12.1 Å². The summed E-state index contributed by atoms with van der Waals surface area (Å²) in [4.78, 5) is 24.2. The van der Waals surface area contributed by atoms with Gasteiger partial charge in [0.25, 0.3) is 5.91 Å². The Bertz CT molecular complexity index is 958. The monoisotopic (exact) mass is 385 g/mol. The van der Waals surface area contributed by atoms with E-state index in [1.54, 1.807) is 54.3 Å². The first-order valence-electron chi connectivity index (χ1n) is 7.95. The first kappa shape index (κ1) is 18.6. The van der Waals surface area contributed by atoms with Crippen molar-refractivity contribution in [3.63, 3.8) is 0 Å². The average Bonchev–Trinajstić information content (AvgIpc) is 3.07. The van der Waals surface area contributed by atoms with Crippen LogP contribution in [0, 0.1) is 5.82 Å². The molecule has 0 spiro atoms. The number of hydrogen-bond donors (Lipinski definition) is 2. The van der Waals surface area contributed by atoms with Crippen LogP contribution in [0.15, 0.2) is 60.0 Å². The summed E-state index contributed by atoms with van der Waals surface area (Å²) in [5.74, 6) is -0.959. The summed E-state index contributed by atoms with van der Waals surface area (Å²) < 4.78 is 15.3. The van der Waals surface area contributed by atoms with Crippen LogP contribution in [0.2, 0.25) is 0 Å². The number of rotatable bonds is 6. The van der Waals surface area contributed by atoms with Crippen LogP contribution >= 0.6 is 11.8 Å². The molecule has 0 bridgehead atoms. The molecular weight excluding hydrogens is 369 g/mol. The molecule has 138 valence electrons. The highest BCUT2D eigenvalue weighted by atomic mass is 32.2. The van der Waals surface area contributed by atoms with E-state index in [1.807, 2.05) is 0 Å². The second-order valence-electron chi connectivity index (χ2n) is 5.57. The maximum Gasteiger partial charge on any atom is 0.255 e. The summed E-state index contributed by atoms with van der Waals surface area (Å²) in [7, 11) is 1.80. The number of halogens is 1. The highest BCUT2D eigenvalue weighted by Gasteiger charge is 2.10. The molecule has 2 amide bonds. The SMILES string of the molecule is Cn1cnnc1SCC(=O)Nc1ccc(C(=O)Nc2ccccc2F)cc1. The molecule has 2 N–H and O–H groups in total. The average molecular weight is 385 g/mol. The number of aryl methyl sites for hydroxylation is 1. The predicted octanol–water partition coefficient (Wildman–Crippen LogP) is 2.94. The second kappa shape index (κ2) is 8.45. The fourth-order valence-electron chi connectivity index (χ4n) is 2.19. The predicted molar refractivity (Wildman–Crippen MR) is 101 cm³/mol. The molecule has 3 aromatic rings. The van der Waals surface area contributed by atoms with E-state index in [1.165, 1.54) is 23.9 Å². The molecule has 9 heteroatoms. The van der Waals surface area contributed by atoms with E-state index >= 15 is 0 Å². The summed E-state index contributed by atoms with van der Waals surface area (Å²) in [5, 5.41) is 13.5. The van der Waals surface area contributed by atoms with E-state index in [2.05, 4.69) is 20.8 Å². The number of amides is 2. The Morgan fingerprint density at radius 1 is 1.11 bits per heavy atom. The molecule has 0 atom stereocenters. The summed E-state index contributed by atoms with van der Waals surface area (Å²) in [6, 6.07) is 12.3. The number of nitrogens with one attached hydrogen (secondary N) is 2. The van der Waals surface area contributed by atoms with Gasteiger partial charge in [0.15, 0.2) is 5.16 Å². The van der Waals surface area contributed by atoms with Crippen molar-refractivity contribution >= 4 is 35.0 Å². The van der Waals surface area contributed by atoms with Crippen LogP contribution in [0.4, 0.5) is 15.8 Å². The Labute approximate surface area is 159 Å². The number of carbonyl (C=O) groups is 2. The van der Waals surface area contributed by atoms with Crippen molar-refractivity contribution < 1.29 is 14.0 Å². The fraction of sp³-hybridized carbons (Fsp3) is 0.111. The largest absolute Gasteiger partial charge is 0.325 e. The van der Waals surface area contributed by atoms with Gasteiger partial charge in [-0.2, -0.15) is 0 Å². The van der Waals surface area contributed by atoms with Crippen LogP contribution in [0.3, 0.4) is 0 Å². The van der Waals surface area contributed by atoms with Gasteiger partial charge in [-0.05, 0) is 36.4 Å². The third-order valence-corrected chi connectivity index (χ3v) is 4.59. The minimum absolute atomic E-state index is 0.112. The molecule has 0 unspecified atom stereocenters. The number of hydrogen-bond acceptors (Lipinski definition) is 5. The Morgan fingerprint density at radius 2 is 1.85 bits per heavy atom. The van der Waals surface area contributed by atoms with E-state index in [4.69, 9.17) is 0 Å². The van der Waals surface area contributed by atoms with Crippen molar-refractivity contribution in [2.24, 2.45) is 7.05 Å². The number of benzene rings is 2. The number of aromatic nitrogens is 3. The molecule has 0 fully saturated rings. The van der Waals surface area contributed by atoms with Crippen LogP contribution in [0.5, 0.6) is 0 Å². The smallest absolute Gasteiger partial charge is 0.255 e. The van der Waals surface area contributed by atoms with Crippen molar-refractivity contribution in [3.05, 3.63) is 66.2 Å². The number of carbonyl (C=O) groups excluding carboxylic acids is 2. The quantitative estimate of drug-likeness (QED) is 0.637. The molecule has 0 aliphatic rings. The lowest BCUT2D eigenvalue weighted by Crippen LogP contribution is -2.15. The zero-order valence-corrected chi connectivity index (χ0v) is 15.2. The third-order valence-electron chi connectivity index (χ3n) is 3.56. The number of thioether (sulfide) groups is 1. The molecule has 27 heavy (non-hydrogen) atoms. The van der Waals surface area contributed by atoms with Gasteiger partial charge in [-0.25, -0.2) is 4.39 Å². The lowest BCUT2D eigenvalue weighted by Gasteiger charge is -2.08. The van der Waals surface area contributed by atoms with E-state index in [0.717, 1.165) is 0 Å². The van der Waals surface area contributed by atoms with Gasteiger partial charge < -0.3 is 15.2 Å². The Kier molecular flexibility index (Phi) is 5.82. The zero-order valence-electron chi connectivity index (χ0n) is 14.3. The van der Waals surface area contributed by atoms with Crippen molar-refractivity contribution in [1.82, 2.24) is 14.8 Å². The van der Waals surface area contributed by atoms with Gasteiger partial charge >= 0.3 is 0 Å². The molecule has 2 aromatic carbocycles. The van der Waals surface area contributed by atoms with Crippen LogP contribution in [-0.4, -0.2) is 32.3 Å². The van der Waals surface area contributed by atoms with Gasteiger partial charge in [0.05, 0.1) is 11.4 Å².